The van der Waals surface area contributed by atoms with Gasteiger partial charge in [0.25, 0.3) is 0 Å². The summed E-state index contributed by atoms with van der Waals surface area (Å²) in [5, 5.41) is 19.5. The largest absolute Gasteiger partial charge is 0.481 e. The predicted molar refractivity (Wildman–Crippen MR) is 54.0 cm³/mol. The summed E-state index contributed by atoms with van der Waals surface area (Å²) in [6, 6.07) is -1.45. The highest BCUT2D eigenvalue weighted by Gasteiger charge is 2.23. The maximum atomic E-state index is 13.4. The summed E-state index contributed by atoms with van der Waals surface area (Å²) in [4.78, 5) is 28.2. The number of aliphatic carboxylic acids is 2. The fourth-order valence-electron chi connectivity index (χ4n) is 1.10. The molecule has 0 aliphatic heterocycles. The first-order valence-corrected chi connectivity index (χ1v) is 4.60. The summed E-state index contributed by atoms with van der Waals surface area (Å²) >= 11 is 0. The molecule has 1 rings (SSSR count). The van der Waals surface area contributed by atoms with Crippen LogP contribution in [0.4, 0.5) is 10.2 Å². The minimum atomic E-state index is -1.45. The number of carboxylic acid groups (broad SMARTS) is 2. The number of hydrogen-bond donors (Lipinski definition) is 3. The van der Waals surface area contributed by atoms with Gasteiger partial charge in [-0.3, -0.25) is 4.79 Å². The molecular weight excluding hydrogens is 233 g/mol. The lowest BCUT2D eigenvalue weighted by molar-refractivity contribution is -0.144. The molecule has 0 spiro atoms. The zero-order valence-corrected chi connectivity index (χ0v) is 8.85. The van der Waals surface area contributed by atoms with E-state index in [1.54, 1.807) is 0 Å². The van der Waals surface area contributed by atoms with Gasteiger partial charge in [0.1, 0.15) is 12.4 Å². The Labute approximate surface area is 95.3 Å². The first-order valence-electron chi connectivity index (χ1n) is 4.60. The number of nitrogens with one attached hydrogen (secondary N) is 1. The van der Waals surface area contributed by atoms with Gasteiger partial charge in [0.15, 0.2) is 11.6 Å². The number of nitrogens with zero attached hydrogens (tertiary/aromatic N) is 2. The van der Waals surface area contributed by atoms with E-state index in [4.69, 9.17) is 10.2 Å². The number of aromatic nitrogens is 2. The zero-order chi connectivity index (χ0) is 13.0. The van der Waals surface area contributed by atoms with E-state index in [9.17, 15) is 14.0 Å². The van der Waals surface area contributed by atoms with Crippen LogP contribution in [0.2, 0.25) is 0 Å². The van der Waals surface area contributed by atoms with Crippen LogP contribution in [-0.2, 0) is 9.59 Å². The van der Waals surface area contributed by atoms with Gasteiger partial charge in [-0.05, 0) is 6.92 Å². The second-order valence-electron chi connectivity index (χ2n) is 3.25. The second-order valence-corrected chi connectivity index (χ2v) is 3.25. The van der Waals surface area contributed by atoms with E-state index in [0.29, 0.717) is 0 Å². The molecule has 8 heteroatoms. The van der Waals surface area contributed by atoms with Crippen molar-refractivity contribution in [3.05, 3.63) is 17.8 Å². The number of halogens is 1. The number of aryl methyl sites for hydroxylation is 1. The summed E-state index contributed by atoms with van der Waals surface area (Å²) in [5.41, 5.74) is 0.0435. The Morgan fingerprint density at radius 3 is 2.65 bits per heavy atom. The lowest BCUT2D eigenvalue weighted by atomic mass is 10.2. The van der Waals surface area contributed by atoms with Crippen LogP contribution in [0.15, 0.2) is 6.33 Å². The van der Waals surface area contributed by atoms with E-state index in [0.717, 1.165) is 6.33 Å². The van der Waals surface area contributed by atoms with Crippen LogP contribution in [0.3, 0.4) is 0 Å². The van der Waals surface area contributed by atoms with E-state index in [-0.39, 0.29) is 11.5 Å². The summed E-state index contributed by atoms with van der Waals surface area (Å²) < 4.78 is 13.4. The molecule has 1 heterocycles. The van der Waals surface area contributed by atoms with Crippen molar-refractivity contribution in [3.8, 4) is 0 Å². The zero-order valence-electron chi connectivity index (χ0n) is 8.85. The van der Waals surface area contributed by atoms with Crippen molar-refractivity contribution >= 4 is 17.8 Å². The fourth-order valence-corrected chi connectivity index (χ4v) is 1.10. The SMILES string of the molecule is Cc1ncnc(NC(CC(=O)O)C(=O)O)c1F. The van der Waals surface area contributed by atoms with Crippen LogP contribution in [0.25, 0.3) is 0 Å². The van der Waals surface area contributed by atoms with Gasteiger partial charge in [0.2, 0.25) is 0 Å². The highest BCUT2D eigenvalue weighted by atomic mass is 19.1. The van der Waals surface area contributed by atoms with Gasteiger partial charge in [-0.15, -0.1) is 0 Å². The van der Waals surface area contributed by atoms with Crippen LogP contribution in [0.5, 0.6) is 0 Å². The smallest absolute Gasteiger partial charge is 0.326 e. The number of hydrogen-bond acceptors (Lipinski definition) is 5. The van der Waals surface area contributed by atoms with Gasteiger partial charge < -0.3 is 15.5 Å². The average molecular weight is 243 g/mol. The Kier molecular flexibility index (Phi) is 3.91. The lowest BCUT2D eigenvalue weighted by Crippen LogP contribution is -2.32. The van der Waals surface area contributed by atoms with Crippen molar-refractivity contribution in [2.24, 2.45) is 0 Å². The molecular formula is C9H10FN3O4. The molecule has 7 nitrogen and oxygen atoms in total. The molecule has 0 bridgehead atoms. The Bertz CT molecular complexity index is 452. The minimum absolute atomic E-state index is 0.0435. The summed E-state index contributed by atoms with van der Waals surface area (Å²) in [7, 11) is 0. The third-order valence-electron chi connectivity index (χ3n) is 1.95. The molecule has 0 aromatic carbocycles. The van der Waals surface area contributed by atoms with Crippen molar-refractivity contribution in [1.82, 2.24) is 9.97 Å². The first kappa shape index (κ1) is 12.8. The third-order valence-corrected chi connectivity index (χ3v) is 1.95. The van der Waals surface area contributed by atoms with Crippen LogP contribution in [-0.4, -0.2) is 38.2 Å². The van der Waals surface area contributed by atoms with Gasteiger partial charge in [0, 0.05) is 0 Å². The lowest BCUT2D eigenvalue weighted by Gasteiger charge is -2.13. The monoisotopic (exact) mass is 243 g/mol. The van der Waals surface area contributed by atoms with Crippen molar-refractivity contribution in [3.63, 3.8) is 0 Å². The van der Waals surface area contributed by atoms with Gasteiger partial charge >= 0.3 is 11.9 Å². The van der Waals surface area contributed by atoms with E-state index < -0.39 is 30.2 Å². The Balaban J connectivity index is 2.90. The van der Waals surface area contributed by atoms with Gasteiger partial charge in [-0.25, -0.2) is 19.2 Å². The molecule has 0 radical (unpaired) electrons. The summed E-state index contributed by atoms with van der Waals surface area (Å²) in [6.45, 7) is 1.38. The standard InChI is InChI=1S/C9H10FN3O4/c1-4-7(10)8(12-3-11-4)13-5(9(16)17)2-6(14)15/h3,5H,2H2,1H3,(H,14,15)(H,16,17)(H,11,12,13). The van der Waals surface area contributed by atoms with Crippen molar-refractivity contribution in [1.29, 1.82) is 0 Å². The predicted octanol–water partition coefficient (Wildman–Crippen LogP) is 0.264. The number of carbonyl (C=O) groups is 2. The average Bonchev–Trinajstić information content (AvgIpc) is 2.22. The highest BCUT2D eigenvalue weighted by molar-refractivity contribution is 5.83. The number of carboxylic acids is 2. The Morgan fingerprint density at radius 1 is 1.47 bits per heavy atom. The maximum Gasteiger partial charge on any atom is 0.326 e. The molecule has 17 heavy (non-hydrogen) atoms. The van der Waals surface area contributed by atoms with Crippen molar-refractivity contribution in [2.45, 2.75) is 19.4 Å². The van der Waals surface area contributed by atoms with Crippen LogP contribution in [0, 0.1) is 12.7 Å². The second kappa shape index (κ2) is 5.19. The third kappa shape index (κ3) is 3.37. The van der Waals surface area contributed by atoms with Crippen molar-refractivity contribution < 1.29 is 24.2 Å². The van der Waals surface area contributed by atoms with Crippen molar-refractivity contribution in [2.75, 3.05) is 5.32 Å². The molecule has 0 amide bonds. The molecule has 1 unspecified atom stereocenters. The molecule has 92 valence electrons. The summed E-state index contributed by atoms with van der Waals surface area (Å²) in [6.07, 6.45) is 0.373. The molecule has 0 aliphatic rings. The minimum Gasteiger partial charge on any atom is -0.481 e. The molecule has 1 aromatic heterocycles. The molecule has 1 atom stereocenters. The first-order chi connectivity index (χ1) is 7.91. The Morgan fingerprint density at radius 2 is 2.12 bits per heavy atom. The number of anilines is 1. The van der Waals surface area contributed by atoms with Crippen LogP contribution >= 0.6 is 0 Å². The van der Waals surface area contributed by atoms with Gasteiger partial charge in [0.05, 0.1) is 12.1 Å². The molecule has 0 saturated heterocycles. The number of rotatable bonds is 5. The van der Waals surface area contributed by atoms with E-state index in [1.807, 2.05) is 0 Å². The van der Waals surface area contributed by atoms with E-state index in [1.165, 1.54) is 6.92 Å². The molecule has 1 aromatic rings. The van der Waals surface area contributed by atoms with E-state index in [2.05, 4.69) is 15.3 Å². The van der Waals surface area contributed by atoms with Crippen LogP contribution < -0.4 is 5.32 Å². The van der Waals surface area contributed by atoms with E-state index >= 15 is 0 Å². The quantitative estimate of drug-likeness (QED) is 0.680. The van der Waals surface area contributed by atoms with Gasteiger partial charge in [-0.2, -0.15) is 0 Å². The maximum absolute atomic E-state index is 13.4. The highest BCUT2D eigenvalue weighted by Crippen LogP contribution is 2.13. The molecule has 0 fully saturated rings. The topological polar surface area (TPSA) is 112 Å². The summed E-state index contributed by atoms with van der Waals surface area (Å²) in [5.74, 6) is -3.84. The normalized spacial score (nSPS) is 11.9. The fraction of sp³-hybridized carbons (Fsp3) is 0.333. The Hall–Kier alpha value is -2.25. The van der Waals surface area contributed by atoms with Crippen LogP contribution in [0.1, 0.15) is 12.1 Å². The molecule has 0 saturated carbocycles. The molecule has 3 N–H and O–H groups in total. The van der Waals surface area contributed by atoms with Gasteiger partial charge in [-0.1, -0.05) is 0 Å². The molecule has 0 aliphatic carbocycles.